The third-order valence-electron chi connectivity index (χ3n) is 3.69. The van der Waals surface area contributed by atoms with Crippen LogP contribution in [0, 0.1) is 0 Å². The minimum Gasteiger partial charge on any atom is -0.293 e. The van der Waals surface area contributed by atoms with Crippen LogP contribution in [0.25, 0.3) is 0 Å². The van der Waals surface area contributed by atoms with Crippen molar-refractivity contribution in [3.63, 3.8) is 0 Å². The van der Waals surface area contributed by atoms with E-state index in [-0.39, 0.29) is 5.78 Å². The highest BCUT2D eigenvalue weighted by Gasteiger charge is 2.14. The van der Waals surface area contributed by atoms with E-state index >= 15 is 0 Å². The first-order chi connectivity index (χ1) is 11.8. The number of aromatic nitrogens is 2. The van der Waals surface area contributed by atoms with E-state index in [1.54, 1.807) is 12.4 Å². The molecule has 0 amide bonds. The molecule has 0 N–H and O–H groups in total. The van der Waals surface area contributed by atoms with Crippen molar-refractivity contribution >= 4 is 5.78 Å². The number of ketones is 1. The third-order valence-corrected chi connectivity index (χ3v) is 3.69. The van der Waals surface area contributed by atoms with Gasteiger partial charge in [-0.15, -0.1) is 0 Å². The number of hydrogen-bond acceptors (Lipinski definition) is 4. The van der Waals surface area contributed by atoms with Crippen molar-refractivity contribution in [2.45, 2.75) is 13.1 Å². The lowest BCUT2D eigenvalue weighted by molar-refractivity contribution is 0.0918. The van der Waals surface area contributed by atoms with E-state index in [0.29, 0.717) is 19.6 Å². The first kappa shape index (κ1) is 16.0. The second-order valence-corrected chi connectivity index (χ2v) is 5.58. The highest BCUT2D eigenvalue weighted by Crippen LogP contribution is 2.09. The molecule has 0 saturated carbocycles. The van der Waals surface area contributed by atoms with Gasteiger partial charge in [0.15, 0.2) is 5.78 Å². The predicted octanol–water partition coefficient (Wildman–Crippen LogP) is 3.36. The molecule has 0 aliphatic carbocycles. The van der Waals surface area contributed by atoms with Crippen LogP contribution in [-0.4, -0.2) is 27.2 Å². The van der Waals surface area contributed by atoms with E-state index in [4.69, 9.17) is 0 Å². The Morgan fingerprint density at radius 3 is 1.79 bits per heavy atom. The molecule has 0 spiro atoms. The smallest absolute Gasteiger partial charge is 0.176 e. The van der Waals surface area contributed by atoms with Crippen LogP contribution in [0.4, 0.5) is 0 Å². The van der Waals surface area contributed by atoms with Crippen LogP contribution in [0.15, 0.2) is 79.1 Å². The molecule has 24 heavy (non-hydrogen) atoms. The third kappa shape index (κ3) is 4.57. The molecular weight excluding hydrogens is 298 g/mol. The lowest BCUT2D eigenvalue weighted by atomic mass is 10.1. The number of carbonyl (C=O) groups excluding carboxylic acids is 1. The van der Waals surface area contributed by atoms with Crippen LogP contribution in [-0.2, 0) is 13.1 Å². The van der Waals surface area contributed by atoms with E-state index in [1.165, 1.54) is 0 Å². The topological polar surface area (TPSA) is 46.1 Å². The van der Waals surface area contributed by atoms with Gasteiger partial charge in [0.2, 0.25) is 0 Å². The number of benzene rings is 1. The van der Waals surface area contributed by atoms with Gasteiger partial charge >= 0.3 is 0 Å². The lowest BCUT2D eigenvalue weighted by Gasteiger charge is -2.21. The molecule has 0 aliphatic rings. The molecule has 0 atom stereocenters. The summed E-state index contributed by atoms with van der Waals surface area (Å²) in [5.41, 5.74) is 2.60. The number of Topliss-reactive ketones (excluding diaryl/α,β-unsaturated/α-hetero) is 1. The van der Waals surface area contributed by atoms with Crippen LogP contribution in [0.2, 0.25) is 0 Å². The van der Waals surface area contributed by atoms with Crippen LogP contribution in [0.3, 0.4) is 0 Å². The average Bonchev–Trinajstić information content (AvgIpc) is 2.64. The maximum atomic E-state index is 12.6. The van der Waals surface area contributed by atoms with Crippen LogP contribution in [0.1, 0.15) is 21.7 Å². The molecular formula is C20H19N3O. The van der Waals surface area contributed by atoms with Crippen molar-refractivity contribution in [3.05, 3.63) is 96.1 Å². The number of hydrogen-bond donors (Lipinski definition) is 0. The molecule has 4 nitrogen and oxygen atoms in total. The number of carbonyl (C=O) groups is 1. The van der Waals surface area contributed by atoms with E-state index in [0.717, 1.165) is 17.0 Å². The molecule has 0 unspecified atom stereocenters. The van der Waals surface area contributed by atoms with Crippen molar-refractivity contribution in [1.82, 2.24) is 14.9 Å². The molecule has 0 aliphatic heterocycles. The zero-order valence-electron chi connectivity index (χ0n) is 13.4. The molecule has 120 valence electrons. The summed E-state index contributed by atoms with van der Waals surface area (Å²) in [5, 5.41) is 0. The second kappa shape index (κ2) is 8.13. The van der Waals surface area contributed by atoms with Gasteiger partial charge in [0.25, 0.3) is 0 Å². The monoisotopic (exact) mass is 317 g/mol. The highest BCUT2D eigenvalue weighted by molar-refractivity contribution is 5.97. The molecule has 0 saturated heterocycles. The van der Waals surface area contributed by atoms with E-state index in [2.05, 4.69) is 14.9 Å². The van der Waals surface area contributed by atoms with Crippen molar-refractivity contribution in [2.24, 2.45) is 0 Å². The average molecular weight is 317 g/mol. The molecule has 2 aromatic heterocycles. The van der Waals surface area contributed by atoms with Gasteiger partial charge in [-0.25, -0.2) is 0 Å². The van der Waals surface area contributed by atoms with Crippen molar-refractivity contribution in [3.8, 4) is 0 Å². The zero-order valence-corrected chi connectivity index (χ0v) is 13.4. The minimum absolute atomic E-state index is 0.0995. The zero-order chi connectivity index (χ0) is 16.6. The van der Waals surface area contributed by atoms with Crippen LogP contribution < -0.4 is 0 Å². The van der Waals surface area contributed by atoms with Gasteiger partial charge in [-0.05, 0) is 24.3 Å². The van der Waals surface area contributed by atoms with Gasteiger partial charge in [0, 0.05) is 31.0 Å². The summed E-state index contributed by atoms with van der Waals surface area (Å²) >= 11 is 0. The lowest BCUT2D eigenvalue weighted by Crippen LogP contribution is -2.30. The second-order valence-electron chi connectivity index (χ2n) is 5.58. The van der Waals surface area contributed by atoms with Gasteiger partial charge in [-0.1, -0.05) is 42.5 Å². The van der Waals surface area contributed by atoms with Crippen LogP contribution in [0.5, 0.6) is 0 Å². The summed E-state index contributed by atoms with van der Waals surface area (Å²) < 4.78 is 0. The van der Waals surface area contributed by atoms with Gasteiger partial charge in [0.1, 0.15) is 0 Å². The Morgan fingerprint density at radius 1 is 0.750 bits per heavy atom. The summed E-state index contributed by atoms with van der Waals surface area (Å²) in [5.74, 6) is 0.0995. The van der Waals surface area contributed by atoms with E-state index < -0.39 is 0 Å². The maximum absolute atomic E-state index is 12.6. The largest absolute Gasteiger partial charge is 0.293 e. The molecule has 2 heterocycles. The Balaban J connectivity index is 1.75. The summed E-state index contributed by atoms with van der Waals surface area (Å²) in [6.45, 7) is 1.54. The first-order valence-corrected chi connectivity index (χ1v) is 7.92. The quantitative estimate of drug-likeness (QED) is 0.627. The van der Waals surface area contributed by atoms with E-state index in [1.807, 2.05) is 66.7 Å². The summed E-state index contributed by atoms with van der Waals surface area (Å²) in [7, 11) is 0. The predicted molar refractivity (Wildman–Crippen MR) is 93.4 cm³/mol. The fourth-order valence-corrected chi connectivity index (χ4v) is 2.53. The Hall–Kier alpha value is -2.85. The maximum Gasteiger partial charge on any atom is 0.176 e. The van der Waals surface area contributed by atoms with Crippen molar-refractivity contribution in [2.75, 3.05) is 6.54 Å². The Labute approximate surface area is 141 Å². The number of nitrogens with zero attached hydrogens (tertiary/aromatic N) is 3. The molecule has 1 aromatic carbocycles. The fraction of sp³-hybridized carbons (Fsp3) is 0.150. The van der Waals surface area contributed by atoms with Crippen LogP contribution >= 0.6 is 0 Å². The van der Waals surface area contributed by atoms with Gasteiger partial charge in [-0.2, -0.15) is 0 Å². The molecule has 0 radical (unpaired) electrons. The highest BCUT2D eigenvalue weighted by atomic mass is 16.1. The molecule has 0 fully saturated rings. The fourth-order valence-electron chi connectivity index (χ4n) is 2.53. The Bertz CT molecular complexity index is 719. The molecule has 3 rings (SSSR count). The number of rotatable bonds is 7. The van der Waals surface area contributed by atoms with Gasteiger partial charge in [-0.3, -0.25) is 19.7 Å². The Morgan fingerprint density at radius 2 is 1.29 bits per heavy atom. The van der Waals surface area contributed by atoms with Crippen molar-refractivity contribution in [1.29, 1.82) is 0 Å². The first-order valence-electron chi connectivity index (χ1n) is 7.92. The molecule has 4 heteroatoms. The molecule has 3 aromatic rings. The van der Waals surface area contributed by atoms with Gasteiger partial charge in [0.05, 0.1) is 17.9 Å². The molecule has 0 bridgehead atoms. The van der Waals surface area contributed by atoms with Crippen molar-refractivity contribution < 1.29 is 4.79 Å². The van der Waals surface area contributed by atoms with E-state index in [9.17, 15) is 4.79 Å². The standard InChI is InChI=1S/C20H19N3O/c24-20(17-8-2-1-3-9-17)16-23(14-18-10-4-6-12-21-18)15-19-11-5-7-13-22-19/h1-13H,14-16H2. The normalized spacial score (nSPS) is 10.7. The number of pyridine rings is 2. The SMILES string of the molecule is O=C(CN(Cc1ccccn1)Cc1ccccn1)c1ccccc1. The summed E-state index contributed by atoms with van der Waals surface area (Å²) in [6, 6.07) is 21.0. The minimum atomic E-state index is 0.0995. The Kier molecular flexibility index (Phi) is 5.43. The van der Waals surface area contributed by atoms with Gasteiger partial charge < -0.3 is 0 Å². The summed E-state index contributed by atoms with van der Waals surface area (Å²) in [6.07, 6.45) is 3.54. The summed E-state index contributed by atoms with van der Waals surface area (Å²) in [4.78, 5) is 23.4.